The van der Waals surface area contributed by atoms with Crippen LogP contribution in [0.1, 0.15) is 0 Å². The summed E-state index contributed by atoms with van der Waals surface area (Å²) in [5, 5.41) is 0. The molecule has 0 radical (unpaired) electrons. The minimum atomic E-state index is -2.27. The molecule has 328 valence electrons. The second kappa shape index (κ2) is 18.7. The van der Waals surface area contributed by atoms with Crippen molar-refractivity contribution in [3.63, 3.8) is 0 Å². The van der Waals surface area contributed by atoms with Crippen LogP contribution in [-0.2, 0) is 49.6 Å². The highest BCUT2D eigenvalue weighted by Gasteiger charge is 2.63. The first-order valence-electron chi connectivity index (χ1n) is 20.5. The smallest absolute Gasteiger partial charge is 0.210 e. The van der Waals surface area contributed by atoms with E-state index in [1.165, 1.54) is 0 Å². The van der Waals surface area contributed by atoms with Gasteiger partial charge in [-0.2, -0.15) is 0 Å². The standard InChI is InChI=1S/C36H86O11Si8/c1-48(2,3)37-25-28-30(43-51(10,11)12)32(44-52(13,14)15)33(45-53(16,17)18)35(40-28)41-31-29(26-38-49(4,5)6)42-36(47-55(22,23)24,27-39-50(7,8)9)34(31)46-54(19,20)21/h28-35H,25-27H2,1-24H3/t28-,29-,30+,31-,32+,33-,34+,35+,36+/m1/s1. The fraction of sp³-hybridized carbons (Fsp3) is 1.00. The molecule has 0 spiro atoms. The third-order valence-corrected chi connectivity index (χ3v) is 15.8. The molecule has 0 aromatic heterocycles. The van der Waals surface area contributed by atoms with Crippen molar-refractivity contribution < 1.29 is 49.6 Å². The summed E-state index contributed by atoms with van der Waals surface area (Å²) >= 11 is 0. The van der Waals surface area contributed by atoms with E-state index in [1.54, 1.807) is 0 Å². The zero-order valence-corrected chi connectivity index (χ0v) is 47.7. The lowest BCUT2D eigenvalue weighted by atomic mass is 9.99. The first-order valence-corrected chi connectivity index (χ1v) is 47.8. The predicted octanol–water partition coefficient (Wildman–Crippen LogP) is 9.48. The van der Waals surface area contributed by atoms with Crippen molar-refractivity contribution in [2.24, 2.45) is 0 Å². The summed E-state index contributed by atoms with van der Waals surface area (Å²) < 4.78 is 77.6. The summed E-state index contributed by atoms with van der Waals surface area (Å²) in [6.45, 7) is 53.7. The summed E-state index contributed by atoms with van der Waals surface area (Å²) in [4.78, 5) is 0. The molecular formula is C36H86O11Si8. The second-order valence-electron chi connectivity index (χ2n) is 23.3. The zero-order chi connectivity index (χ0) is 43.0. The number of hydrogen-bond donors (Lipinski definition) is 0. The van der Waals surface area contributed by atoms with Gasteiger partial charge in [-0.3, -0.25) is 0 Å². The highest BCUT2D eigenvalue weighted by atomic mass is 28.4. The van der Waals surface area contributed by atoms with Crippen LogP contribution in [0.5, 0.6) is 0 Å². The first kappa shape index (κ1) is 52.4. The third-order valence-electron chi connectivity index (χ3n) is 7.83. The zero-order valence-electron chi connectivity index (χ0n) is 39.7. The predicted molar refractivity (Wildman–Crippen MR) is 246 cm³/mol. The Morgan fingerprint density at radius 1 is 0.400 bits per heavy atom. The van der Waals surface area contributed by atoms with E-state index in [9.17, 15) is 0 Å². The van der Waals surface area contributed by atoms with E-state index in [0.717, 1.165) is 0 Å². The van der Waals surface area contributed by atoms with Crippen molar-refractivity contribution in [1.29, 1.82) is 0 Å². The minimum Gasteiger partial charge on any atom is -0.415 e. The van der Waals surface area contributed by atoms with Crippen molar-refractivity contribution in [3.05, 3.63) is 0 Å². The van der Waals surface area contributed by atoms with Crippen LogP contribution in [0, 0.1) is 0 Å². The Hall–Kier alpha value is 1.30. The Kier molecular flexibility index (Phi) is 17.9. The van der Waals surface area contributed by atoms with Crippen LogP contribution in [0.3, 0.4) is 0 Å². The van der Waals surface area contributed by atoms with Crippen molar-refractivity contribution in [3.8, 4) is 0 Å². The molecule has 0 aromatic rings. The molecule has 2 aliphatic heterocycles. The maximum absolute atomic E-state index is 7.46. The van der Waals surface area contributed by atoms with Crippen molar-refractivity contribution >= 4 is 66.5 Å². The fourth-order valence-electron chi connectivity index (χ4n) is 6.29. The molecule has 2 saturated heterocycles. The van der Waals surface area contributed by atoms with Crippen LogP contribution < -0.4 is 0 Å². The first-order chi connectivity index (χ1) is 24.2. The van der Waals surface area contributed by atoms with Crippen LogP contribution in [0.15, 0.2) is 0 Å². The van der Waals surface area contributed by atoms with Gasteiger partial charge >= 0.3 is 0 Å². The topological polar surface area (TPSA) is 102 Å². The maximum atomic E-state index is 7.46. The third kappa shape index (κ3) is 19.7. The van der Waals surface area contributed by atoms with Gasteiger partial charge in [0.1, 0.15) is 42.7 Å². The summed E-state index contributed by atoms with van der Waals surface area (Å²) in [5.41, 5.74) is 0. The van der Waals surface area contributed by atoms with Gasteiger partial charge in [0.25, 0.3) is 0 Å². The molecule has 2 heterocycles. The van der Waals surface area contributed by atoms with Gasteiger partial charge in [-0.05, 0) is 157 Å². The molecule has 2 fully saturated rings. The Balaban J connectivity index is 2.93. The van der Waals surface area contributed by atoms with Crippen LogP contribution >= 0.6 is 0 Å². The maximum Gasteiger partial charge on any atom is 0.210 e. The SMILES string of the molecule is C[Si](C)(C)OC[C@H]1O[C@@H](O[C@@H]2[C@@H](CO[Si](C)(C)C)O[C@@](CO[Si](C)(C)C)(O[Si](C)(C)C)[C@H]2O[Si](C)(C)C)[C@H](O[Si](C)(C)C)[C@@H](O[Si](C)(C)C)[C@H]1O[Si](C)(C)C. The molecule has 0 unspecified atom stereocenters. The summed E-state index contributed by atoms with van der Waals surface area (Å²) in [5.74, 6) is -1.22. The fourth-order valence-corrected chi connectivity index (χ4v) is 13.8. The molecule has 19 heteroatoms. The minimum absolute atomic E-state index is 0.228. The van der Waals surface area contributed by atoms with Crippen LogP contribution in [0.2, 0.25) is 157 Å². The Bertz CT molecular complexity index is 1190. The molecule has 0 N–H and O–H groups in total. The van der Waals surface area contributed by atoms with Crippen LogP contribution in [0.25, 0.3) is 0 Å². The van der Waals surface area contributed by atoms with E-state index in [1.807, 2.05) is 0 Å². The molecule has 0 amide bonds. The molecule has 0 saturated carbocycles. The van der Waals surface area contributed by atoms with E-state index >= 15 is 0 Å². The van der Waals surface area contributed by atoms with Crippen LogP contribution in [0.4, 0.5) is 0 Å². The number of rotatable bonds is 21. The normalized spacial score (nSPS) is 31.0. The van der Waals surface area contributed by atoms with E-state index in [4.69, 9.17) is 49.6 Å². The van der Waals surface area contributed by atoms with Gasteiger partial charge in [0.05, 0.1) is 19.8 Å². The van der Waals surface area contributed by atoms with Gasteiger partial charge in [-0.1, -0.05) is 0 Å². The summed E-state index contributed by atoms with van der Waals surface area (Å²) in [7, 11) is -17.0. The molecular weight excluding hydrogens is 833 g/mol. The van der Waals surface area contributed by atoms with Gasteiger partial charge in [0, 0.05) is 0 Å². The van der Waals surface area contributed by atoms with Gasteiger partial charge in [0.2, 0.25) is 5.79 Å². The van der Waals surface area contributed by atoms with E-state index < -0.39 is 121 Å². The van der Waals surface area contributed by atoms with Gasteiger partial charge in [-0.25, -0.2) is 0 Å². The summed E-state index contributed by atoms with van der Waals surface area (Å²) in [6.07, 6.45) is -4.54. The molecule has 11 nitrogen and oxygen atoms in total. The molecule has 2 aliphatic rings. The number of hydrogen-bond acceptors (Lipinski definition) is 11. The molecule has 0 bridgehead atoms. The van der Waals surface area contributed by atoms with Gasteiger partial charge in [0.15, 0.2) is 72.8 Å². The molecule has 9 atom stereocenters. The second-order valence-corrected chi connectivity index (χ2v) is 59.1. The Morgan fingerprint density at radius 2 is 0.800 bits per heavy atom. The highest BCUT2D eigenvalue weighted by Crippen LogP contribution is 2.44. The largest absolute Gasteiger partial charge is 0.415 e. The lowest BCUT2D eigenvalue weighted by molar-refractivity contribution is -0.309. The van der Waals surface area contributed by atoms with Gasteiger partial charge in [-0.15, -0.1) is 0 Å². The monoisotopic (exact) mass is 918 g/mol. The summed E-state index contributed by atoms with van der Waals surface area (Å²) in [6, 6.07) is 0. The van der Waals surface area contributed by atoms with E-state index in [0.29, 0.717) is 13.2 Å². The van der Waals surface area contributed by atoms with Crippen molar-refractivity contribution in [2.45, 2.75) is 212 Å². The van der Waals surface area contributed by atoms with Crippen molar-refractivity contribution in [1.82, 2.24) is 0 Å². The molecule has 0 aromatic carbocycles. The molecule has 55 heavy (non-hydrogen) atoms. The quantitative estimate of drug-likeness (QED) is 0.103. The molecule has 2 rings (SSSR count). The van der Waals surface area contributed by atoms with Gasteiger partial charge < -0.3 is 49.6 Å². The van der Waals surface area contributed by atoms with Crippen molar-refractivity contribution in [2.75, 3.05) is 19.8 Å². The molecule has 0 aliphatic carbocycles. The highest BCUT2D eigenvalue weighted by molar-refractivity contribution is 6.72. The number of ether oxygens (including phenoxy) is 3. The van der Waals surface area contributed by atoms with Crippen LogP contribution in [-0.4, -0.2) is 141 Å². The van der Waals surface area contributed by atoms with E-state index in [-0.39, 0.29) is 6.61 Å². The average molecular weight is 920 g/mol. The average Bonchev–Trinajstić information content (AvgIpc) is 3.14. The lowest BCUT2D eigenvalue weighted by Crippen LogP contribution is -2.67. The van der Waals surface area contributed by atoms with E-state index in [2.05, 4.69) is 157 Å². The Morgan fingerprint density at radius 3 is 1.20 bits per heavy atom. The Labute approximate surface area is 346 Å². The lowest BCUT2D eigenvalue weighted by Gasteiger charge is -2.51.